The van der Waals surface area contributed by atoms with Gasteiger partial charge < -0.3 is 0 Å². The zero-order valence-corrected chi connectivity index (χ0v) is 12.7. The fourth-order valence-electron chi connectivity index (χ4n) is 1.62. The van der Waals surface area contributed by atoms with Crippen LogP contribution in [-0.2, 0) is 9.84 Å². The molecule has 1 aromatic heterocycles. The Morgan fingerprint density at radius 2 is 1.95 bits per heavy atom. The van der Waals surface area contributed by atoms with Crippen molar-refractivity contribution in [3.63, 3.8) is 0 Å². The van der Waals surface area contributed by atoms with Crippen LogP contribution in [0.4, 0.5) is 5.69 Å². The van der Waals surface area contributed by atoms with Crippen molar-refractivity contribution < 1.29 is 13.3 Å². The van der Waals surface area contributed by atoms with Gasteiger partial charge in [0.15, 0.2) is 0 Å². The van der Waals surface area contributed by atoms with E-state index >= 15 is 0 Å². The zero-order chi connectivity index (χ0) is 15.0. The number of sulfone groups is 1. The minimum atomic E-state index is -3.89. The molecule has 9 heteroatoms. The van der Waals surface area contributed by atoms with Crippen molar-refractivity contribution in [2.75, 3.05) is 5.88 Å². The molecular formula is C10H16ClN3O4S. The van der Waals surface area contributed by atoms with Crippen LogP contribution in [0.25, 0.3) is 0 Å². The number of nitro groups is 1. The number of nitrogens with zero attached hydrogens (tertiary/aromatic N) is 3. The number of aryl methyl sites for hydroxylation is 1. The van der Waals surface area contributed by atoms with E-state index in [1.165, 1.54) is 18.5 Å². The van der Waals surface area contributed by atoms with E-state index in [4.69, 9.17) is 11.6 Å². The smallest absolute Gasteiger partial charge is 0.258 e. The van der Waals surface area contributed by atoms with Crippen molar-refractivity contribution in [1.82, 2.24) is 9.78 Å². The van der Waals surface area contributed by atoms with Crippen LogP contribution in [0.1, 0.15) is 32.5 Å². The zero-order valence-electron chi connectivity index (χ0n) is 11.1. The predicted octanol–water partition coefficient (Wildman–Crippen LogP) is 2.08. The highest BCUT2D eigenvalue weighted by Crippen LogP contribution is 2.32. The second kappa shape index (κ2) is 5.46. The summed E-state index contributed by atoms with van der Waals surface area (Å²) in [6.45, 7) is 6.25. The maximum absolute atomic E-state index is 12.4. The molecule has 1 atom stereocenters. The maximum atomic E-state index is 12.4. The largest absolute Gasteiger partial charge is 0.328 e. The standard InChI is InChI=1S/C10H16ClN3O4S/c1-6(2)13-10(19(17,18)7(3)5-11)9(14(15)16)8(4)12-13/h6-7H,5H2,1-4H3. The highest BCUT2D eigenvalue weighted by atomic mass is 35.5. The van der Waals surface area contributed by atoms with Gasteiger partial charge in [-0.05, 0) is 27.7 Å². The van der Waals surface area contributed by atoms with Gasteiger partial charge in [0.2, 0.25) is 14.9 Å². The van der Waals surface area contributed by atoms with Crippen LogP contribution < -0.4 is 0 Å². The summed E-state index contributed by atoms with van der Waals surface area (Å²) in [4.78, 5) is 10.4. The molecule has 1 aromatic rings. The van der Waals surface area contributed by atoms with Crippen molar-refractivity contribution >= 4 is 27.1 Å². The van der Waals surface area contributed by atoms with E-state index in [9.17, 15) is 18.5 Å². The Balaban J connectivity index is 3.69. The maximum Gasteiger partial charge on any atom is 0.328 e. The Labute approximate surface area is 116 Å². The Hall–Kier alpha value is -1.15. The van der Waals surface area contributed by atoms with Crippen LogP contribution in [0.5, 0.6) is 0 Å². The van der Waals surface area contributed by atoms with Gasteiger partial charge in [0.1, 0.15) is 5.69 Å². The van der Waals surface area contributed by atoms with Crippen molar-refractivity contribution in [3.8, 4) is 0 Å². The lowest BCUT2D eigenvalue weighted by molar-refractivity contribution is -0.388. The van der Waals surface area contributed by atoms with E-state index in [-0.39, 0.29) is 22.6 Å². The summed E-state index contributed by atoms with van der Waals surface area (Å²) in [6, 6.07) is -0.306. The molecule has 0 amide bonds. The van der Waals surface area contributed by atoms with Crippen LogP contribution in [0.15, 0.2) is 5.03 Å². The van der Waals surface area contributed by atoms with Gasteiger partial charge in [-0.2, -0.15) is 5.10 Å². The minimum absolute atomic E-state index is 0.0825. The monoisotopic (exact) mass is 309 g/mol. The van der Waals surface area contributed by atoms with E-state index in [0.29, 0.717) is 0 Å². The number of aromatic nitrogens is 2. The number of hydrogen-bond acceptors (Lipinski definition) is 5. The number of halogens is 1. The molecule has 0 bridgehead atoms. The number of alkyl halides is 1. The van der Waals surface area contributed by atoms with E-state index in [0.717, 1.165) is 0 Å². The van der Waals surface area contributed by atoms with Crippen molar-refractivity contribution in [2.45, 2.75) is 44.0 Å². The lowest BCUT2D eigenvalue weighted by Gasteiger charge is -2.13. The van der Waals surface area contributed by atoms with Crippen LogP contribution >= 0.6 is 11.6 Å². The van der Waals surface area contributed by atoms with Gasteiger partial charge in [-0.25, -0.2) is 13.1 Å². The minimum Gasteiger partial charge on any atom is -0.258 e. The molecule has 1 rings (SSSR count). The first-order valence-electron chi connectivity index (χ1n) is 5.67. The summed E-state index contributed by atoms with van der Waals surface area (Å²) in [5.41, 5.74) is -0.385. The summed E-state index contributed by atoms with van der Waals surface area (Å²) < 4.78 is 25.9. The lowest BCUT2D eigenvalue weighted by Crippen LogP contribution is -2.24. The van der Waals surface area contributed by atoms with Crippen LogP contribution in [0, 0.1) is 17.0 Å². The molecule has 0 saturated carbocycles. The molecule has 0 aliphatic carbocycles. The number of rotatable bonds is 5. The molecule has 0 saturated heterocycles. The molecule has 0 radical (unpaired) electrons. The molecule has 0 aromatic carbocycles. The van der Waals surface area contributed by atoms with E-state index < -0.39 is 25.7 Å². The van der Waals surface area contributed by atoms with E-state index in [1.807, 2.05) is 0 Å². The molecule has 7 nitrogen and oxygen atoms in total. The van der Waals surface area contributed by atoms with Crippen LogP contribution in [0.2, 0.25) is 0 Å². The third kappa shape index (κ3) is 2.74. The average molecular weight is 310 g/mol. The molecule has 1 heterocycles. The Bertz CT molecular complexity index is 594. The van der Waals surface area contributed by atoms with Gasteiger partial charge in [0, 0.05) is 11.9 Å². The van der Waals surface area contributed by atoms with E-state index in [2.05, 4.69) is 5.10 Å². The van der Waals surface area contributed by atoms with Gasteiger partial charge in [-0.1, -0.05) is 0 Å². The van der Waals surface area contributed by atoms with Crippen LogP contribution in [0.3, 0.4) is 0 Å². The summed E-state index contributed by atoms with van der Waals surface area (Å²) in [5.74, 6) is -0.137. The average Bonchev–Trinajstić information content (AvgIpc) is 2.66. The molecule has 0 spiro atoms. The number of hydrogen-bond donors (Lipinski definition) is 0. The van der Waals surface area contributed by atoms with E-state index in [1.54, 1.807) is 13.8 Å². The van der Waals surface area contributed by atoms with Gasteiger partial charge >= 0.3 is 5.69 Å². The highest BCUT2D eigenvalue weighted by Gasteiger charge is 2.38. The second-order valence-corrected chi connectivity index (χ2v) is 7.13. The van der Waals surface area contributed by atoms with Crippen molar-refractivity contribution in [1.29, 1.82) is 0 Å². The summed E-state index contributed by atoms with van der Waals surface area (Å²) >= 11 is 5.58. The summed E-state index contributed by atoms with van der Waals surface area (Å²) in [5, 5.41) is 13.8. The quantitative estimate of drug-likeness (QED) is 0.471. The van der Waals surface area contributed by atoms with Gasteiger partial charge in [0.25, 0.3) is 0 Å². The first-order chi connectivity index (χ1) is 8.64. The SMILES string of the molecule is Cc1nn(C(C)C)c(S(=O)(=O)C(C)CCl)c1[N+](=O)[O-]. The fourth-order valence-corrected chi connectivity index (χ4v) is 3.67. The first-order valence-corrected chi connectivity index (χ1v) is 7.76. The van der Waals surface area contributed by atoms with Gasteiger partial charge in [0.05, 0.1) is 10.2 Å². The lowest BCUT2D eigenvalue weighted by atomic mass is 10.4. The molecule has 0 N–H and O–H groups in total. The molecular weight excluding hydrogens is 294 g/mol. The Morgan fingerprint density at radius 3 is 2.32 bits per heavy atom. The third-order valence-corrected chi connectivity index (χ3v) is 5.49. The predicted molar refractivity (Wildman–Crippen MR) is 71.4 cm³/mol. The van der Waals surface area contributed by atoms with Gasteiger partial charge in [-0.3, -0.25) is 10.1 Å². The van der Waals surface area contributed by atoms with Gasteiger partial charge in [-0.15, -0.1) is 11.6 Å². The second-order valence-electron chi connectivity index (χ2n) is 4.54. The Morgan fingerprint density at radius 1 is 1.42 bits per heavy atom. The molecule has 0 aliphatic heterocycles. The summed E-state index contributed by atoms with van der Waals surface area (Å²) in [7, 11) is -3.89. The van der Waals surface area contributed by atoms with Crippen molar-refractivity contribution in [3.05, 3.63) is 15.8 Å². The van der Waals surface area contributed by atoms with Crippen molar-refractivity contribution in [2.24, 2.45) is 0 Å². The first kappa shape index (κ1) is 15.9. The fraction of sp³-hybridized carbons (Fsp3) is 0.700. The third-order valence-electron chi connectivity index (χ3n) is 2.70. The molecule has 1 unspecified atom stereocenters. The molecule has 0 aliphatic rings. The van der Waals surface area contributed by atoms with Crippen LogP contribution in [-0.4, -0.2) is 34.3 Å². The Kier molecular flexibility index (Phi) is 4.57. The summed E-state index contributed by atoms with van der Waals surface area (Å²) in [6.07, 6.45) is 0. The topological polar surface area (TPSA) is 95.1 Å². The molecule has 19 heavy (non-hydrogen) atoms. The molecule has 0 fully saturated rings. The highest BCUT2D eigenvalue weighted by molar-refractivity contribution is 7.92. The normalized spacial score (nSPS) is 13.8. The molecule has 108 valence electrons.